The molecule has 0 spiro atoms. The number of para-hydroxylation sites is 2. The molecule has 0 bridgehead atoms. The number of carbonyl (C=O) groups is 2. The zero-order chi connectivity index (χ0) is 22.1. The van der Waals surface area contributed by atoms with Crippen molar-refractivity contribution in [1.82, 2.24) is 9.88 Å². The molecule has 0 unspecified atom stereocenters. The van der Waals surface area contributed by atoms with Gasteiger partial charge in [0.15, 0.2) is 0 Å². The van der Waals surface area contributed by atoms with Crippen molar-refractivity contribution in [3.63, 3.8) is 0 Å². The first-order valence-corrected chi connectivity index (χ1v) is 12.6. The minimum atomic E-state index is -0.0627. The van der Waals surface area contributed by atoms with Crippen LogP contribution in [-0.4, -0.2) is 53.6 Å². The Morgan fingerprint density at radius 1 is 1.00 bits per heavy atom. The molecule has 5 rings (SSSR count). The molecule has 3 heterocycles. The normalized spacial score (nSPS) is 16.3. The lowest BCUT2D eigenvalue weighted by atomic mass is 10.2. The van der Waals surface area contributed by atoms with Crippen molar-refractivity contribution in [1.29, 1.82) is 0 Å². The third kappa shape index (κ3) is 4.22. The van der Waals surface area contributed by atoms with E-state index < -0.39 is 0 Å². The Hall–Kier alpha value is -2.55. The smallest absolute Gasteiger partial charge is 0.273 e. The van der Waals surface area contributed by atoms with E-state index in [4.69, 9.17) is 11.6 Å². The quantitative estimate of drug-likeness (QED) is 0.549. The van der Waals surface area contributed by atoms with Crippen molar-refractivity contribution in [2.24, 2.45) is 0 Å². The molecule has 32 heavy (non-hydrogen) atoms. The van der Waals surface area contributed by atoms with Gasteiger partial charge in [0.25, 0.3) is 5.91 Å². The monoisotopic (exact) mass is 484 g/mol. The highest BCUT2D eigenvalue weighted by Crippen LogP contribution is 2.36. The third-order valence-corrected chi connectivity index (χ3v) is 7.83. The van der Waals surface area contributed by atoms with E-state index in [2.05, 4.69) is 9.88 Å². The predicted octanol–water partition coefficient (Wildman–Crippen LogP) is 4.40. The maximum atomic E-state index is 13.0. The van der Waals surface area contributed by atoms with E-state index in [1.54, 1.807) is 22.0 Å². The number of aromatic nitrogens is 1. The van der Waals surface area contributed by atoms with Crippen LogP contribution < -0.4 is 9.80 Å². The van der Waals surface area contributed by atoms with E-state index in [0.717, 1.165) is 39.4 Å². The van der Waals surface area contributed by atoms with Crippen LogP contribution in [0.3, 0.4) is 0 Å². The Bertz CT molecular complexity index is 1160. The highest BCUT2D eigenvalue weighted by molar-refractivity contribution is 8.00. The number of anilines is 2. The Morgan fingerprint density at radius 3 is 2.50 bits per heavy atom. The number of halogens is 1. The van der Waals surface area contributed by atoms with Crippen molar-refractivity contribution < 1.29 is 9.59 Å². The van der Waals surface area contributed by atoms with E-state index in [0.29, 0.717) is 31.1 Å². The molecule has 0 atom stereocenters. The minimum absolute atomic E-state index is 0.0625. The fraction of sp³-hybridized carbons (Fsp3) is 0.261. The van der Waals surface area contributed by atoms with Crippen LogP contribution in [0.4, 0.5) is 11.4 Å². The van der Waals surface area contributed by atoms with Gasteiger partial charge in [-0.3, -0.25) is 9.59 Å². The topological polar surface area (TPSA) is 56.8 Å². The Kier molecular flexibility index (Phi) is 6.08. The maximum absolute atomic E-state index is 13.0. The summed E-state index contributed by atoms with van der Waals surface area (Å²) in [4.78, 5) is 37.0. The summed E-state index contributed by atoms with van der Waals surface area (Å²) in [6, 6.07) is 15.7. The fourth-order valence-corrected chi connectivity index (χ4v) is 5.91. The second-order valence-corrected chi connectivity index (χ2v) is 9.96. The highest BCUT2D eigenvalue weighted by atomic mass is 35.5. The summed E-state index contributed by atoms with van der Waals surface area (Å²) >= 11 is 9.30. The molecule has 2 aliphatic rings. The zero-order valence-corrected chi connectivity index (χ0v) is 19.6. The van der Waals surface area contributed by atoms with E-state index in [1.165, 1.54) is 11.3 Å². The fourth-order valence-electron chi connectivity index (χ4n) is 3.96. The summed E-state index contributed by atoms with van der Waals surface area (Å²) in [7, 11) is 0. The number of rotatable bonds is 4. The van der Waals surface area contributed by atoms with Gasteiger partial charge in [-0.1, -0.05) is 35.9 Å². The number of carbonyl (C=O) groups excluding carboxylic acids is 2. The molecule has 1 aromatic heterocycles. The summed E-state index contributed by atoms with van der Waals surface area (Å²) in [6.07, 6.45) is 0. The molecule has 2 amide bonds. The van der Waals surface area contributed by atoms with Crippen LogP contribution in [0.1, 0.15) is 15.5 Å². The average molecular weight is 485 g/mol. The summed E-state index contributed by atoms with van der Waals surface area (Å²) in [5, 5.41) is 3.29. The molecule has 0 radical (unpaired) electrons. The number of hydrogen-bond acceptors (Lipinski definition) is 6. The maximum Gasteiger partial charge on any atom is 0.273 e. The van der Waals surface area contributed by atoms with Gasteiger partial charge in [0.1, 0.15) is 10.7 Å². The van der Waals surface area contributed by atoms with Gasteiger partial charge >= 0.3 is 0 Å². The number of thioether (sulfide) groups is 1. The Morgan fingerprint density at radius 2 is 1.72 bits per heavy atom. The molecule has 2 aromatic carbocycles. The first-order chi connectivity index (χ1) is 15.6. The van der Waals surface area contributed by atoms with Gasteiger partial charge in [0.05, 0.1) is 28.7 Å². The summed E-state index contributed by atoms with van der Waals surface area (Å²) in [5.41, 5.74) is 2.36. The molecule has 9 heteroatoms. The summed E-state index contributed by atoms with van der Waals surface area (Å²) in [5.74, 6) is 0.420. The largest absolute Gasteiger partial charge is 0.367 e. The number of nitrogens with zero attached hydrogens (tertiary/aromatic N) is 4. The standard InChI is InChI=1S/C23H21ClN4O2S2/c24-16-5-1-2-6-18(16)26-9-11-27(12-10-26)23(30)17-14-32-21(25-17)13-28-19-7-3-4-8-20(19)31-15-22(28)29/h1-8,14H,9-13,15H2. The number of fused-ring (bicyclic) bond motifs is 1. The number of benzene rings is 2. The molecule has 164 valence electrons. The lowest BCUT2D eigenvalue weighted by Crippen LogP contribution is -2.49. The van der Waals surface area contributed by atoms with Crippen LogP contribution in [0, 0.1) is 0 Å². The van der Waals surface area contributed by atoms with Gasteiger partial charge in [-0.15, -0.1) is 23.1 Å². The van der Waals surface area contributed by atoms with Gasteiger partial charge < -0.3 is 14.7 Å². The van der Waals surface area contributed by atoms with Gasteiger partial charge in [-0.25, -0.2) is 4.98 Å². The molecule has 0 N–H and O–H groups in total. The zero-order valence-electron chi connectivity index (χ0n) is 17.2. The molecule has 1 saturated heterocycles. The van der Waals surface area contributed by atoms with Crippen molar-refractivity contribution in [2.75, 3.05) is 41.7 Å². The van der Waals surface area contributed by atoms with Crippen LogP contribution in [0.2, 0.25) is 5.02 Å². The molecule has 3 aromatic rings. The van der Waals surface area contributed by atoms with E-state index >= 15 is 0 Å². The first-order valence-electron chi connectivity index (χ1n) is 10.4. The molecule has 2 aliphatic heterocycles. The van der Waals surface area contributed by atoms with Gasteiger partial charge in [-0.2, -0.15) is 0 Å². The van der Waals surface area contributed by atoms with Crippen molar-refractivity contribution >= 4 is 57.9 Å². The van der Waals surface area contributed by atoms with Gasteiger partial charge in [0, 0.05) is 36.5 Å². The van der Waals surface area contributed by atoms with E-state index in [9.17, 15) is 9.59 Å². The Balaban J connectivity index is 1.24. The van der Waals surface area contributed by atoms with Crippen LogP contribution >= 0.6 is 34.7 Å². The molecular weight excluding hydrogens is 464 g/mol. The van der Waals surface area contributed by atoms with Gasteiger partial charge in [0.2, 0.25) is 5.91 Å². The predicted molar refractivity (Wildman–Crippen MR) is 130 cm³/mol. The number of thiazole rings is 1. The lowest BCUT2D eigenvalue weighted by Gasteiger charge is -2.36. The van der Waals surface area contributed by atoms with Crippen LogP contribution in [0.25, 0.3) is 0 Å². The van der Waals surface area contributed by atoms with Crippen LogP contribution in [0.5, 0.6) is 0 Å². The number of piperazine rings is 1. The lowest BCUT2D eigenvalue weighted by molar-refractivity contribution is -0.116. The minimum Gasteiger partial charge on any atom is -0.367 e. The second kappa shape index (κ2) is 9.13. The first kappa shape index (κ1) is 21.3. The van der Waals surface area contributed by atoms with Gasteiger partial charge in [-0.05, 0) is 24.3 Å². The summed E-state index contributed by atoms with van der Waals surface area (Å²) in [6.45, 7) is 3.07. The SMILES string of the molecule is O=C(c1csc(CN2C(=O)CSc3ccccc32)n1)N1CCN(c2ccccc2Cl)CC1. The highest BCUT2D eigenvalue weighted by Gasteiger charge is 2.27. The molecule has 0 saturated carbocycles. The van der Waals surface area contributed by atoms with Crippen molar-refractivity contribution in [3.05, 3.63) is 69.6 Å². The van der Waals surface area contributed by atoms with E-state index in [1.807, 2.05) is 53.4 Å². The number of amides is 2. The molecular formula is C23H21ClN4O2S2. The van der Waals surface area contributed by atoms with Crippen LogP contribution in [-0.2, 0) is 11.3 Å². The molecule has 6 nitrogen and oxygen atoms in total. The third-order valence-electron chi connectivity index (χ3n) is 5.63. The second-order valence-electron chi connectivity index (χ2n) is 7.59. The Labute approximate surface area is 199 Å². The average Bonchev–Trinajstić information content (AvgIpc) is 3.30. The van der Waals surface area contributed by atoms with Crippen molar-refractivity contribution in [2.45, 2.75) is 11.4 Å². The van der Waals surface area contributed by atoms with Crippen LogP contribution in [0.15, 0.2) is 58.8 Å². The summed E-state index contributed by atoms with van der Waals surface area (Å²) < 4.78 is 0. The molecule has 0 aliphatic carbocycles. The van der Waals surface area contributed by atoms with Crippen molar-refractivity contribution in [3.8, 4) is 0 Å². The number of hydrogen-bond donors (Lipinski definition) is 0. The molecule has 1 fully saturated rings. The van der Waals surface area contributed by atoms with E-state index in [-0.39, 0.29) is 11.8 Å².